The molecule has 0 saturated heterocycles. The van der Waals surface area contributed by atoms with E-state index in [-0.39, 0.29) is 0 Å². The largest absolute Gasteiger partial charge is 0.382 e. The standard InChI is InChI=1S/C10H18N2O/c1-3-13-9-5-4-6-10-11-7-8-12(10)2/h7-8H,3-6,9H2,1-2H3/p+1. The molecule has 0 atom stereocenters. The molecule has 0 amide bonds. The minimum absolute atomic E-state index is 0.830. The Morgan fingerprint density at radius 1 is 1.46 bits per heavy atom. The van der Waals surface area contributed by atoms with Crippen LogP contribution in [0.25, 0.3) is 0 Å². The molecule has 1 heterocycles. The Kier molecular flexibility index (Phi) is 4.54. The number of hydrogen-bond acceptors (Lipinski definition) is 1. The Labute approximate surface area is 79.7 Å². The lowest BCUT2D eigenvalue weighted by Gasteiger charge is -1.98. The van der Waals surface area contributed by atoms with E-state index in [2.05, 4.69) is 16.6 Å². The summed E-state index contributed by atoms with van der Waals surface area (Å²) in [4.78, 5) is 3.22. The second-order valence-corrected chi connectivity index (χ2v) is 3.17. The molecule has 1 N–H and O–H groups in total. The average Bonchev–Trinajstić information content (AvgIpc) is 2.52. The Hall–Kier alpha value is -0.830. The summed E-state index contributed by atoms with van der Waals surface area (Å²) in [5.74, 6) is 1.29. The summed E-state index contributed by atoms with van der Waals surface area (Å²) in [6, 6.07) is 0. The zero-order valence-corrected chi connectivity index (χ0v) is 8.55. The van der Waals surface area contributed by atoms with Gasteiger partial charge in [0, 0.05) is 19.6 Å². The van der Waals surface area contributed by atoms with E-state index < -0.39 is 0 Å². The number of aryl methyl sites for hydroxylation is 2. The maximum atomic E-state index is 5.27. The van der Waals surface area contributed by atoms with E-state index in [9.17, 15) is 0 Å². The predicted octanol–water partition coefficient (Wildman–Crippen LogP) is 1.20. The van der Waals surface area contributed by atoms with Crippen molar-refractivity contribution in [3.8, 4) is 0 Å². The number of nitrogens with zero attached hydrogens (tertiary/aromatic N) is 1. The molecule has 74 valence electrons. The molecule has 1 aromatic heterocycles. The lowest BCUT2D eigenvalue weighted by Crippen LogP contribution is -2.30. The van der Waals surface area contributed by atoms with E-state index in [1.54, 1.807) is 0 Å². The molecular weight excluding hydrogens is 164 g/mol. The van der Waals surface area contributed by atoms with Crippen LogP contribution in [0.1, 0.15) is 25.6 Å². The van der Waals surface area contributed by atoms with E-state index in [0.29, 0.717) is 0 Å². The van der Waals surface area contributed by atoms with Gasteiger partial charge in [-0.1, -0.05) is 0 Å². The first-order chi connectivity index (χ1) is 6.34. The van der Waals surface area contributed by atoms with Gasteiger partial charge < -0.3 is 4.74 Å². The van der Waals surface area contributed by atoms with Gasteiger partial charge in [-0.2, -0.15) is 0 Å². The lowest BCUT2D eigenvalue weighted by atomic mass is 10.2. The van der Waals surface area contributed by atoms with Crippen molar-refractivity contribution in [2.45, 2.75) is 26.2 Å². The van der Waals surface area contributed by atoms with E-state index in [1.165, 1.54) is 12.2 Å². The fraction of sp³-hybridized carbons (Fsp3) is 0.700. The smallest absolute Gasteiger partial charge is 0.253 e. The zero-order valence-electron chi connectivity index (χ0n) is 8.55. The predicted molar refractivity (Wildman–Crippen MR) is 51.4 cm³/mol. The summed E-state index contributed by atoms with van der Waals surface area (Å²) in [7, 11) is 2.06. The lowest BCUT2D eigenvalue weighted by molar-refractivity contribution is -0.677. The zero-order chi connectivity index (χ0) is 9.52. The first-order valence-corrected chi connectivity index (χ1v) is 4.94. The summed E-state index contributed by atoms with van der Waals surface area (Å²) in [6.45, 7) is 3.75. The van der Waals surface area contributed by atoms with Crippen molar-refractivity contribution in [1.29, 1.82) is 0 Å². The number of imidazole rings is 1. The van der Waals surface area contributed by atoms with Crippen LogP contribution in [0.15, 0.2) is 12.4 Å². The van der Waals surface area contributed by atoms with Crippen molar-refractivity contribution in [2.75, 3.05) is 13.2 Å². The fourth-order valence-corrected chi connectivity index (χ4v) is 1.33. The Morgan fingerprint density at radius 2 is 2.31 bits per heavy atom. The normalized spacial score (nSPS) is 10.6. The number of unbranched alkanes of at least 4 members (excludes halogenated alkanes) is 1. The summed E-state index contributed by atoms with van der Waals surface area (Å²) in [5.41, 5.74) is 0. The number of ether oxygens (including phenoxy) is 1. The van der Waals surface area contributed by atoms with Gasteiger partial charge in [-0.25, -0.2) is 9.55 Å². The van der Waals surface area contributed by atoms with E-state index >= 15 is 0 Å². The van der Waals surface area contributed by atoms with Crippen LogP contribution < -0.4 is 4.57 Å². The number of H-pyrrole nitrogens is 1. The monoisotopic (exact) mass is 183 g/mol. The van der Waals surface area contributed by atoms with Crippen molar-refractivity contribution < 1.29 is 9.30 Å². The molecule has 0 aliphatic carbocycles. The van der Waals surface area contributed by atoms with E-state index in [4.69, 9.17) is 4.74 Å². The second-order valence-electron chi connectivity index (χ2n) is 3.17. The number of aromatic amines is 1. The minimum Gasteiger partial charge on any atom is -0.382 e. The van der Waals surface area contributed by atoms with Gasteiger partial charge in [-0.3, -0.25) is 0 Å². The topological polar surface area (TPSA) is 28.9 Å². The molecule has 0 aliphatic rings. The van der Waals surface area contributed by atoms with Crippen LogP contribution in [-0.2, 0) is 18.2 Å². The van der Waals surface area contributed by atoms with Crippen LogP contribution >= 0.6 is 0 Å². The van der Waals surface area contributed by atoms with Crippen molar-refractivity contribution in [3.63, 3.8) is 0 Å². The van der Waals surface area contributed by atoms with Crippen LogP contribution in [0.2, 0.25) is 0 Å². The first kappa shape index (κ1) is 10.3. The van der Waals surface area contributed by atoms with Crippen LogP contribution in [0, 0.1) is 0 Å². The maximum Gasteiger partial charge on any atom is 0.253 e. The Balaban J connectivity index is 2.10. The van der Waals surface area contributed by atoms with Crippen molar-refractivity contribution in [3.05, 3.63) is 18.2 Å². The number of rotatable bonds is 6. The van der Waals surface area contributed by atoms with Gasteiger partial charge in [0.1, 0.15) is 12.4 Å². The summed E-state index contributed by atoms with van der Waals surface area (Å²) < 4.78 is 7.39. The molecule has 0 bridgehead atoms. The van der Waals surface area contributed by atoms with Crippen molar-refractivity contribution in [2.24, 2.45) is 7.05 Å². The number of hydrogen-bond donors (Lipinski definition) is 1. The van der Waals surface area contributed by atoms with Crippen LogP contribution in [-0.4, -0.2) is 18.2 Å². The molecule has 0 fully saturated rings. The highest BCUT2D eigenvalue weighted by Gasteiger charge is 2.04. The molecule has 0 saturated carbocycles. The van der Waals surface area contributed by atoms with Gasteiger partial charge in [0.05, 0.1) is 7.05 Å². The first-order valence-electron chi connectivity index (χ1n) is 4.94. The average molecular weight is 183 g/mol. The minimum atomic E-state index is 0.830. The van der Waals surface area contributed by atoms with Crippen LogP contribution in [0.3, 0.4) is 0 Å². The molecule has 0 radical (unpaired) electrons. The molecule has 0 aromatic carbocycles. The van der Waals surface area contributed by atoms with Crippen molar-refractivity contribution >= 4 is 0 Å². The fourth-order valence-electron chi connectivity index (χ4n) is 1.33. The third-order valence-corrected chi connectivity index (χ3v) is 2.13. The highest BCUT2D eigenvalue weighted by Crippen LogP contribution is 1.97. The summed E-state index contributed by atoms with van der Waals surface area (Å²) in [6.07, 6.45) is 7.45. The molecular formula is C10H19N2O+. The van der Waals surface area contributed by atoms with Crippen molar-refractivity contribution in [1.82, 2.24) is 4.98 Å². The molecule has 3 nitrogen and oxygen atoms in total. The second kappa shape index (κ2) is 5.75. The highest BCUT2D eigenvalue weighted by molar-refractivity contribution is 4.76. The molecule has 0 aliphatic heterocycles. The number of nitrogens with one attached hydrogen (secondary N) is 1. The third-order valence-electron chi connectivity index (χ3n) is 2.13. The summed E-state index contributed by atoms with van der Waals surface area (Å²) >= 11 is 0. The highest BCUT2D eigenvalue weighted by atomic mass is 16.5. The van der Waals surface area contributed by atoms with Gasteiger partial charge in [-0.05, 0) is 19.8 Å². The van der Waals surface area contributed by atoms with Gasteiger partial charge in [0.15, 0.2) is 0 Å². The molecule has 0 unspecified atom stereocenters. The third kappa shape index (κ3) is 3.59. The SMILES string of the molecule is CCOCCCCc1[nH]cc[n+]1C. The van der Waals surface area contributed by atoms with Crippen LogP contribution in [0.5, 0.6) is 0 Å². The van der Waals surface area contributed by atoms with Gasteiger partial charge >= 0.3 is 0 Å². The molecule has 3 heteroatoms. The van der Waals surface area contributed by atoms with Gasteiger partial charge in [-0.15, -0.1) is 0 Å². The Morgan fingerprint density at radius 3 is 2.92 bits per heavy atom. The molecule has 1 aromatic rings. The molecule has 1 rings (SSSR count). The van der Waals surface area contributed by atoms with Gasteiger partial charge in [0.25, 0.3) is 5.82 Å². The Bertz CT molecular complexity index is 233. The number of aromatic nitrogens is 2. The van der Waals surface area contributed by atoms with E-state index in [0.717, 1.165) is 26.1 Å². The van der Waals surface area contributed by atoms with Crippen LogP contribution in [0.4, 0.5) is 0 Å². The quantitative estimate of drug-likeness (QED) is 0.521. The maximum absolute atomic E-state index is 5.27. The van der Waals surface area contributed by atoms with Gasteiger partial charge in [0.2, 0.25) is 0 Å². The summed E-state index contributed by atoms with van der Waals surface area (Å²) in [5, 5.41) is 0. The molecule has 0 spiro atoms. The van der Waals surface area contributed by atoms with E-state index in [1.807, 2.05) is 19.3 Å². The molecule has 13 heavy (non-hydrogen) atoms.